The lowest BCUT2D eigenvalue weighted by Crippen LogP contribution is -2.43. The van der Waals surface area contributed by atoms with E-state index in [2.05, 4.69) is 31.3 Å². The molecule has 0 spiro atoms. The van der Waals surface area contributed by atoms with E-state index in [1.165, 1.54) is 16.7 Å². The molecule has 1 atom stereocenters. The number of rotatable bonds is 5. The lowest BCUT2D eigenvalue weighted by Gasteiger charge is -2.38. The van der Waals surface area contributed by atoms with Gasteiger partial charge in [-0.05, 0) is 57.4 Å². The van der Waals surface area contributed by atoms with Crippen LogP contribution >= 0.6 is 0 Å². The van der Waals surface area contributed by atoms with Crippen molar-refractivity contribution in [2.75, 3.05) is 20.2 Å². The quantitative estimate of drug-likeness (QED) is 0.872. The van der Waals surface area contributed by atoms with Crippen molar-refractivity contribution < 1.29 is 14.3 Å². The summed E-state index contributed by atoms with van der Waals surface area (Å²) in [4.78, 5) is 14.5. The van der Waals surface area contributed by atoms with E-state index in [-0.39, 0.29) is 12.1 Å². The summed E-state index contributed by atoms with van der Waals surface area (Å²) < 4.78 is 11.2. The first-order valence-electron chi connectivity index (χ1n) is 9.20. The Balaban J connectivity index is 2.32. The van der Waals surface area contributed by atoms with Crippen molar-refractivity contribution in [1.29, 1.82) is 0 Å². The fourth-order valence-corrected chi connectivity index (χ4v) is 3.35. The van der Waals surface area contributed by atoms with Crippen molar-refractivity contribution in [3.8, 4) is 5.75 Å². The van der Waals surface area contributed by atoms with E-state index in [1.807, 2.05) is 25.7 Å². The molecule has 1 amide bonds. The molecule has 0 aromatic heterocycles. The monoisotopic (exact) mass is 348 g/mol. The van der Waals surface area contributed by atoms with Gasteiger partial charge in [-0.3, -0.25) is 0 Å². The standard InChI is InChI=1S/C20H32N2O3/c1-7-17-16-12-18(24-6)15(13-21-8-2)11-14(16)9-10-22(17)19(23)25-20(3,4)5/h11-12,17,21H,7-10,13H2,1-6H3. The Morgan fingerprint density at radius 1 is 1.32 bits per heavy atom. The van der Waals surface area contributed by atoms with Crippen LogP contribution in [0.1, 0.15) is 63.8 Å². The SMILES string of the molecule is CCNCc1cc2c(cc1OC)C(CC)N(C(=O)OC(C)(C)C)CC2. The average Bonchev–Trinajstić information content (AvgIpc) is 2.56. The number of ether oxygens (including phenoxy) is 2. The maximum Gasteiger partial charge on any atom is 0.410 e. The molecule has 140 valence electrons. The number of carbonyl (C=O) groups is 1. The lowest BCUT2D eigenvalue weighted by molar-refractivity contribution is 0.0137. The normalized spacial score (nSPS) is 17.2. The van der Waals surface area contributed by atoms with Gasteiger partial charge in [-0.25, -0.2) is 4.79 Å². The Labute approximate surface area is 151 Å². The van der Waals surface area contributed by atoms with Crippen LogP contribution in [0.5, 0.6) is 5.75 Å². The summed E-state index contributed by atoms with van der Waals surface area (Å²) in [7, 11) is 1.70. The van der Waals surface area contributed by atoms with Gasteiger partial charge in [0.05, 0.1) is 13.2 Å². The molecule has 1 heterocycles. The number of methoxy groups -OCH3 is 1. The summed E-state index contributed by atoms with van der Waals surface area (Å²) >= 11 is 0. The molecule has 2 rings (SSSR count). The van der Waals surface area contributed by atoms with Crippen LogP contribution in [0.15, 0.2) is 12.1 Å². The van der Waals surface area contributed by atoms with E-state index in [1.54, 1.807) is 7.11 Å². The fraction of sp³-hybridized carbons (Fsp3) is 0.650. The number of benzene rings is 1. The number of carbonyl (C=O) groups excluding carboxylic acids is 1. The zero-order valence-corrected chi connectivity index (χ0v) is 16.4. The van der Waals surface area contributed by atoms with Crippen molar-refractivity contribution in [1.82, 2.24) is 10.2 Å². The van der Waals surface area contributed by atoms with E-state index in [0.29, 0.717) is 6.54 Å². The first-order valence-corrected chi connectivity index (χ1v) is 9.20. The first-order chi connectivity index (χ1) is 11.8. The van der Waals surface area contributed by atoms with Crippen LogP contribution < -0.4 is 10.1 Å². The molecule has 0 aliphatic carbocycles. The summed E-state index contributed by atoms with van der Waals surface area (Å²) in [5, 5.41) is 3.36. The van der Waals surface area contributed by atoms with Crippen LogP contribution in [-0.4, -0.2) is 36.8 Å². The predicted molar refractivity (Wildman–Crippen MR) is 100 cm³/mol. The molecule has 1 N–H and O–H groups in total. The number of fused-ring (bicyclic) bond motifs is 1. The van der Waals surface area contributed by atoms with Gasteiger partial charge >= 0.3 is 6.09 Å². The summed E-state index contributed by atoms with van der Waals surface area (Å²) in [5.41, 5.74) is 3.17. The van der Waals surface area contributed by atoms with Crippen LogP contribution in [0.4, 0.5) is 4.79 Å². The number of nitrogens with zero attached hydrogens (tertiary/aromatic N) is 1. The number of nitrogens with one attached hydrogen (secondary N) is 1. The van der Waals surface area contributed by atoms with Gasteiger partial charge in [-0.1, -0.05) is 19.9 Å². The topological polar surface area (TPSA) is 50.8 Å². The highest BCUT2D eigenvalue weighted by atomic mass is 16.6. The van der Waals surface area contributed by atoms with Crippen LogP contribution in [0.2, 0.25) is 0 Å². The van der Waals surface area contributed by atoms with Crippen molar-refractivity contribution in [3.05, 3.63) is 28.8 Å². The Morgan fingerprint density at radius 2 is 2.04 bits per heavy atom. The second-order valence-electron chi connectivity index (χ2n) is 7.49. The molecule has 1 aromatic carbocycles. The third-order valence-corrected chi connectivity index (χ3v) is 4.48. The van der Waals surface area contributed by atoms with Gasteiger partial charge in [0.2, 0.25) is 0 Å². The summed E-state index contributed by atoms with van der Waals surface area (Å²) in [6, 6.07) is 4.36. The van der Waals surface area contributed by atoms with Gasteiger partial charge in [-0.15, -0.1) is 0 Å². The molecule has 1 aliphatic heterocycles. The Hall–Kier alpha value is -1.75. The van der Waals surface area contributed by atoms with Gasteiger partial charge < -0.3 is 19.7 Å². The molecule has 5 nitrogen and oxygen atoms in total. The molecule has 0 bridgehead atoms. The Bertz CT molecular complexity index is 608. The highest BCUT2D eigenvalue weighted by Crippen LogP contribution is 2.37. The third-order valence-electron chi connectivity index (χ3n) is 4.48. The Morgan fingerprint density at radius 3 is 2.60 bits per heavy atom. The van der Waals surface area contributed by atoms with Gasteiger partial charge in [0.1, 0.15) is 11.4 Å². The zero-order valence-electron chi connectivity index (χ0n) is 16.4. The smallest absolute Gasteiger partial charge is 0.410 e. The van der Waals surface area contributed by atoms with E-state index in [9.17, 15) is 4.79 Å². The minimum atomic E-state index is -0.483. The highest BCUT2D eigenvalue weighted by Gasteiger charge is 2.33. The number of hydrogen-bond donors (Lipinski definition) is 1. The molecule has 0 saturated heterocycles. The Kier molecular flexibility index (Phi) is 6.33. The van der Waals surface area contributed by atoms with Crippen molar-refractivity contribution in [2.24, 2.45) is 0 Å². The molecule has 0 radical (unpaired) electrons. The zero-order chi connectivity index (χ0) is 18.6. The van der Waals surface area contributed by atoms with E-state index in [0.717, 1.165) is 31.7 Å². The van der Waals surface area contributed by atoms with Crippen molar-refractivity contribution >= 4 is 6.09 Å². The largest absolute Gasteiger partial charge is 0.496 e. The highest BCUT2D eigenvalue weighted by molar-refractivity contribution is 5.69. The number of amides is 1. The molecule has 1 unspecified atom stereocenters. The van der Waals surface area contributed by atoms with Crippen LogP contribution in [-0.2, 0) is 17.7 Å². The average molecular weight is 348 g/mol. The van der Waals surface area contributed by atoms with Gasteiger partial charge in [0.15, 0.2) is 0 Å². The third kappa shape index (κ3) is 4.66. The lowest BCUT2D eigenvalue weighted by atomic mass is 9.89. The fourth-order valence-electron chi connectivity index (χ4n) is 3.35. The molecule has 0 saturated carbocycles. The summed E-state index contributed by atoms with van der Waals surface area (Å²) in [6.07, 6.45) is 1.46. The van der Waals surface area contributed by atoms with Crippen LogP contribution in [0.25, 0.3) is 0 Å². The molecule has 1 aromatic rings. The molecule has 25 heavy (non-hydrogen) atoms. The molecule has 1 aliphatic rings. The van der Waals surface area contributed by atoms with E-state index >= 15 is 0 Å². The summed E-state index contributed by atoms with van der Waals surface area (Å²) in [6.45, 7) is 12.3. The molecular formula is C20H32N2O3. The summed E-state index contributed by atoms with van der Waals surface area (Å²) in [5.74, 6) is 0.879. The maximum atomic E-state index is 12.6. The van der Waals surface area contributed by atoms with Gasteiger partial charge in [-0.2, -0.15) is 0 Å². The minimum Gasteiger partial charge on any atom is -0.496 e. The van der Waals surface area contributed by atoms with Gasteiger partial charge in [0, 0.05) is 18.7 Å². The van der Waals surface area contributed by atoms with E-state index < -0.39 is 5.60 Å². The minimum absolute atomic E-state index is 0.0284. The second-order valence-corrected chi connectivity index (χ2v) is 7.49. The van der Waals surface area contributed by atoms with Crippen molar-refractivity contribution in [3.63, 3.8) is 0 Å². The first kappa shape index (κ1) is 19.6. The molecule has 0 fully saturated rings. The molecular weight excluding hydrogens is 316 g/mol. The maximum absolute atomic E-state index is 12.6. The van der Waals surface area contributed by atoms with E-state index in [4.69, 9.17) is 9.47 Å². The van der Waals surface area contributed by atoms with Crippen LogP contribution in [0.3, 0.4) is 0 Å². The number of hydrogen-bond acceptors (Lipinski definition) is 4. The second kappa shape index (κ2) is 8.09. The van der Waals surface area contributed by atoms with Crippen LogP contribution in [0, 0.1) is 0 Å². The van der Waals surface area contributed by atoms with Gasteiger partial charge in [0.25, 0.3) is 0 Å². The van der Waals surface area contributed by atoms with Crippen molar-refractivity contribution in [2.45, 2.75) is 65.6 Å². The predicted octanol–water partition coefficient (Wildman–Crippen LogP) is 4.05. The molecule has 5 heteroatoms.